The van der Waals surface area contributed by atoms with Gasteiger partial charge in [0.2, 0.25) is 32.9 Å². The molecule has 12 N–H and O–H groups in total. The average Bonchev–Trinajstić information content (AvgIpc) is 1.43. The number of hydrogen-bond donors (Lipinski definition) is 11. The van der Waals surface area contributed by atoms with Crippen molar-refractivity contribution in [3.05, 3.63) is 215 Å². The first-order chi connectivity index (χ1) is 68.0. The molecule has 1 aromatic heterocycles. The zero-order valence-corrected chi connectivity index (χ0v) is 91.0. The molecule has 4 amide bonds. The smallest absolute Gasteiger partial charge is 0.251 e. The number of rotatable bonds is 62. The van der Waals surface area contributed by atoms with Crippen molar-refractivity contribution < 1.29 is 99.3 Å². The average molecular weight is 2200 g/mol. The van der Waals surface area contributed by atoms with Gasteiger partial charge in [-0.3, -0.25) is 68.3 Å². The Morgan fingerprint density at radius 3 is 1.14 bits per heavy atom. The highest BCUT2D eigenvalue weighted by atomic mass is 32.2. The van der Waals surface area contributed by atoms with Gasteiger partial charge >= 0.3 is 0 Å². The summed E-state index contributed by atoms with van der Waals surface area (Å²) < 4.78 is 162. The number of unbranched alkanes of at least 4 members (excludes halogenated alkanes) is 15. The fourth-order valence-corrected chi connectivity index (χ4v) is 16.3. The Labute approximate surface area is 892 Å². The number of nitrogens with one attached hydrogen (secondary N) is 10. The first kappa shape index (κ1) is 139. The number of Topliss-reactive ketones (excluding diaryl/α,β-unsaturated/α-hetero) is 4. The molecule has 0 saturated carbocycles. The van der Waals surface area contributed by atoms with Crippen LogP contribution in [0.25, 0.3) is 0 Å². The molecule has 0 aliphatic heterocycles. The van der Waals surface area contributed by atoms with E-state index in [1.54, 1.807) is 86.6 Å². The molecule has 6 unspecified atom stereocenters. The number of carbonyl (C=O) groups is 8. The van der Waals surface area contributed by atoms with Crippen LogP contribution in [0.2, 0.25) is 0 Å². The van der Waals surface area contributed by atoms with Crippen LogP contribution in [0.1, 0.15) is 302 Å². The number of ketones is 4. The number of hydrogen-bond acceptors (Lipinski definition) is 25. The van der Waals surface area contributed by atoms with Crippen molar-refractivity contribution in [3.63, 3.8) is 0 Å². The summed E-state index contributed by atoms with van der Waals surface area (Å²) in [5, 5.41) is 24.3. The number of aryl methyl sites for hydroxylation is 1. The molecule has 824 valence electrons. The predicted molar refractivity (Wildman–Crippen MR) is 593 cm³/mol. The summed E-state index contributed by atoms with van der Waals surface area (Å²) in [6.07, 6.45) is 26.1. The standard InChI is InChI=1S/C30H52N2O3S.C25H33N3O6S2.C13H18N2O4S.C12H17NO3S.C11H15NO3S.C10H16N4O3S2.3CH4/c1-26(2)27(3)18-16-14-12-10-8-6-4-5-7-9-11-13-15-17-19-30(33)31-25-24-28-20-22-29(23-21-28)32-36(34)35;1-17(2)18(3)23(27-25(30)20-11-15-22(16-12-20)36(26,33)34)7-5-4-6-8-24(29)19-9-13-21(14-10-19)28-35(31)32;1-9(2)12(16)7-8-13(17)14-10-3-5-11(6-4-10)15-20(18)19;1-9(2)12(14)8-5-10-3-6-11(7-4-10)13-17(15)16;1-8(2)11(13)7-9-3-5-10(6-4-9)12-16(14)15;1-6(2)7(3)5-11-8(15)4-9-12-13-10(18-9)14-19(16)17;;;/h20-23,26,32H,3-19,24-25H2,1-2H3,(H,31,33)(H,34,35);9-17,23,28H,3-8H2,1-2H3,(H,27,30)(H,31,32)(H2,26,33,34);3-6,9,15H,7-8H2,1-2H3,(H,14,17)(H,18,19);3-4,6-7,9,13H,5,8H2,1-2H3,(H,15,16);3-6,8,12H,7H2,1-2H3,(H,14,15);6H,3-5H2,1-2H3,(H,11,15)(H,13,14)(H,16,17);3*1H4/p-6/t;23-;;;;;;;/m.0......./s1. The van der Waals surface area contributed by atoms with Crippen molar-refractivity contribution >= 4 is 175 Å². The summed E-state index contributed by atoms with van der Waals surface area (Å²) in [7, 11) is -3.84. The first-order valence-corrected chi connectivity index (χ1v) is 56.7. The summed E-state index contributed by atoms with van der Waals surface area (Å²) in [6.45, 7) is 36.7. The lowest BCUT2D eigenvalue weighted by molar-refractivity contribution is -0.124. The summed E-state index contributed by atoms with van der Waals surface area (Å²) in [5.74, 6) is 0.904. The van der Waals surface area contributed by atoms with Gasteiger partial charge in [-0.1, -0.05) is 279 Å². The van der Waals surface area contributed by atoms with Crippen LogP contribution >= 0.6 is 11.3 Å². The molecule has 1 heterocycles. The number of anilines is 7. The lowest BCUT2D eigenvalue weighted by atomic mass is 9.92. The monoisotopic (exact) mass is 2200 g/mol. The second kappa shape index (κ2) is 79.1. The van der Waals surface area contributed by atoms with Crippen LogP contribution in [0.15, 0.2) is 187 Å². The molecule has 147 heavy (non-hydrogen) atoms. The number of aromatic nitrogens is 2. The Bertz CT molecular complexity index is 5350. The number of nitrogens with two attached hydrogens (primary N) is 1. The molecule has 6 aromatic carbocycles. The zero-order valence-electron chi connectivity index (χ0n) is 84.5. The highest BCUT2D eigenvalue weighted by molar-refractivity contribution is 7.89. The van der Waals surface area contributed by atoms with E-state index in [0.717, 1.165) is 71.3 Å². The van der Waals surface area contributed by atoms with Gasteiger partial charge in [0.15, 0.2) is 5.78 Å². The van der Waals surface area contributed by atoms with Gasteiger partial charge in [-0.05, 0) is 189 Å². The molecule has 0 spiro atoms. The van der Waals surface area contributed by atoms with E-state index in [-0.39, 0.29) is 128 Å². The van der Waals surface area contributed by atoms with Crippen molar-refractivity contribution in [2.45, 2.75) is 296 Å². The fourth-order valence-electron chi connectivity index (χ4n) is 13.0. The maximum atomic E-state index is 12.7. The highest BCUT2D eigenvalue weighted by Gasteiger charge is 2.22. The Kier molecular flexibility index (Phi) is 74.9. The molecule has 0 bridgehead atoms. The van der Waals surface area contributed by atoms with Gasteiger partial charge in [0.05, 0.1) is 17.4 Å². The summed E-state index contributed by atoms with van der Waals surface area (Å²) in [6, 6.07) is 38.6. The molecule has 7 aromatic rings. The number of sulfonamides is 1. The molecular weight excluding hydrogens is 2040 g/mol. The molecule has 43 heteroatoms. The lowest BCUT2D eigenvalue weighted by Gasteiger charge is -2.24. The molecule has 0 saturated heterocycles. The van der Waals surface area contributed by atoms with Crippen LogP contribution in [0, 0.1) is 35.5 Å². The van der Waals surface area contributed by atoms with Crippen molar-refractivity contribution in [2.75, 3.05) is 46.7 Å². The number of nitrogens with zero attached hydrogens (tertiary/aromatic N) is 2. The molecule has 0 radical (unpaired) electrons. The second-order valence-electron chi connectivity index (χ2n) is 35.8. The molecule has 7 atom stereocenters. The quantitative estimate of drug-likeness (QED) is 0.00730. The summed E-state index contributed by atoms with van der Waals surface area (Å²) in [4.78, 5) is 94.6. The fraction of sp³-hybridized carbons (Fsp3) is 0.500. The highest BCUT2D eigenvalue weighted by Crippen LogP contribution is 2.25. The van der Waals surface area contributed by atoms with E-state index in [0.29, 0.717) is 120 Å². The van der Waals surface area contributed by atoms with E-state index in [2.05, 4.69) is 93.4 Å². The number of carbonyl (C=O) groups excluding carboxylic acids is 8. The van der Waals surface area contributed by atoms with Gasteiger partial charge in [0, 0.05) is 182 Å². The maximum Gasteiger partial charge on any atom is 0.251 e. The van der Waals surface area contributed by atoms with Crippen molar-refractivity contribution in [3.8, 4) is 0 Å². The van der Waals surface area contributed by atoms with Crippen LogP contribution in [0.4, 0.5) is 39.3 Å². The van der Waals surface area contributed by atoms with E-state index < -0.39 is 77.6 Å². The maximum absolute atomic E-state index is 12.7. The number of primary sulfonamides is 1. The van der Waals surface area contributed by atoms with E-state index in [4.69, 9.17) is 5.14 Å². The number of amides is 4. The molecular formula is C104H157N13O22S8-6. The number of allylic oxidation sites excluding steroid dienone is 1. The molecule has 35 nitrogen and oxygen atoms in total. The van der Waals surface area contributed by atoms with Gasteiger partial charge in [-0.2, -0.15) is 0 Å². The first-order valence-electron chi connectivity index (χ1n) is 47.9. The van der Waals surface area contributed by atoms with E-state index >= 15 is 0 Å². The second-order valence-corrected chi connectivity index (χ2v) is 42.5. The zero-order chi connectivity index (χ0) is 108. The van der Waals surface area contributed by atoms with Gasteiger partial charge in [0.1, 0.15) is 22.4 Å². The van der Waals surface area contributed by atoms with E-state index in [9.17, 15) is 99.3 Å². The van der Waals surface area contributed by atoms with Crippen molar-refractivity contribution in [2.24, 2.45) is 40.6 Å². The third kappa shape index (κ3) is 68.4. The van der Waals surface area contributed by atoms with Crippen LogP contribution in [-0.4, -0.2) is 137 Å². The van der Waals surface area contributed by atoms with E-state index in [1.807, 2.05) is 79.7 Å². The number of benzene rings is 6. The topological polar surface area (TPSA) is 584 Å². The van der Waals surface area contributed by atoms with Crippen LogP contribution in [-0.2, 0) is 132 Å². The minimum atomic E-state index is -3.84. The third-order valence-corrected chi connectivity index (χ3v) is 26.4. The van der Waals surface area contributed by atoms with Crippen LogP contribution in [0.3, 0.4) is 0 Å². The molecule has 0 fully saturated rings. The van der Waals surface area contributed by atoms with Gasteiger partial charge < -0.3 is 72.2 Å². The Balaban J connectivity index is 0. The Morgan fingerprint density at radius 2 is 0.728 bits per heavy atom. The SMILES string of the molecule is C.C.C.C=C(C(C)C)[C@H](CCCCCC(=O)c1ccc(NS(=O)[O-])cc1)NC(=O)c1ccc(S(N)(=O)=O)cc1.C=C(CCCCCCCCCCCCCCCCC(=O)NCCc1ccc(NS(=O)[O-])cc1)C(C)C.C=C(CNC(=O)Cc1nnc(NS(=O)[O-])s1)C(C)C.CC(C)C(=O)CCC(=O)Nc1ccc(NS(=O)[O-])cc1.CC(C)C(=O)CCc1ccc(NS(=O)[O-])cc1.CC(C)C(=O)Cc1ccc(NS(=O)[O-])cc1. The Hall–Kier alpha value is -9.97. The normalized spacial score (nSPS) is 12.2. The predicted octanol–water partition coefficient (Wildman–Crippen LogP) is 19.8. The third-order valence-electron chi connectivity index (χ3n) is 22.1. The van der Waals surface area contributed by atoms with E-state index in [1.165, 1.54) is 138 Å². The largest absolute Gasteiger partial charge is 0.755 e. The van der Waals surface area contributed by atoms with Crippen molar-refractivity contribution in [1.82, 2.24) is 26.1 Å². The van der Waals surface area contributed by atoms with Crippen LogP contribution in [0.5, 0.6) is 0 Å². The van der Waals surface area contributed by atoms with Gasteiger partial charge in [0.25, 0.3) is 5.91 Å². The van der Waals surface area contributed by atoms with Gasteiger partial charge in [-0.25, -0.2) is 13.6 Å². The minimum absolute atomic E-state index is 0. The summed E-state index contributed by atoms with van der Waals surface area (Å²) >= 11 is -13.1. The molecule has 0 aliphatic rings. The minimum Gasteiger partial charge on any atom is -0.755 e. The summed E-state index contributed by atoms with van der Waals surface area (Å²) in [5.41, 5.74) is 9.96. The molecule has 0 aliphatic carbocycles. The Morgan fingerprint density at radius 1 is 0.361 bits per heavy atom. The van der Waals surface area contributed by atoms with Crippen molar-refractivity contribution in [1.29, 1.82) is 0 Å². The lowest BCUT2D eigenvalue weighted by Crippen LogP contribution is -2.37. The molecule has 7 rings (SSSR count). The van der Waals surface area contributed by atoms with Gasteiger partial charge in [-0.15, -0.1) is 10.2 Å². The van der Waals surface area contributed by atoms with Crippen LogP contribution < -0.4 is 54.7 Å².